The molecule has 1 N–H and O–H groups in total. The van der Waals surface area contributed by atoms with E-state index in [0.29, 0.717) is 28.8 Å². The predicted octanol–water partition coefficient (Wildman–Crippen LogP) is 3.62. The zero-order chi connectivity index (χ0) is 19.2. The third-order valence-corrected chi connectivity index (χ3v) is 4.46. The van der Waals surface area contributed by atoms with E-state index in [0.717, 1.165) is 5.56 Å². The molecule has 136 valence electrons. The van der Waals surface area contributed by atoms with Gasteiger partial charge in [0.2, 0.25) is 0 Å². The summed E-state index contributed by atoms with van der Waals surface area (Å²) in [5.41, 5.74) is 1.29. The molecule has 0 spiro atoms. The first-order valence-corrected chi connectivity index (χ1v) is 9.32. The minimum absolute atomic E-state index is 0.0636. The van der Waals surface area contributed by atoms with Crippen LogP contribution in [-0.4, -0.2) is 23.3 Å². The molecule has 7 heteroatoms. The highest BCUT2D eigenvalue weighted by Gasteiger charge is 2.18. The Morgan fingerprint density at radius 1 is 1.22 bits per heavy atom. The van der Waals surface area contributed by atoms with Crippen LogP contribution in [0.2, 0.25) is 0 Å². The van der Waals surface area contributed by atoms with Gasteiger partial charge in [0, 0.05) is 5.56 Å². The summed E-state index contributed by atoms with van der Waals surface area (Å²) in [4.78, 5) is 19.2. The molecule has 0 bridgehead atoms. The molecule has 1 aromatic heterocycles. The molecule has 1 heterocycles. The van der Waals surface area contributed by atoms with Gasteiger partial charge in [-0.15, -0.1) is 0 Å². The van der Waals surface area contributed by atoms with Crippen molar-refractivity contribution in [1.29, 1.82) is 5.26 Å². The van der Waals surface area contributed by atoms with E-state index in [9.17, 15) is 10.1 Å². The summed E-state index contributed by atoms with van der Waals surface area (Å²) >= 11 is 1.29. The maximum atomic E-state index is 12.2. The van der Waals surface area contributed by atoms with Gasteiger partial charge in [0.05, 0.1) is 7.11 Å². The van der Waals surface area contributed by atoms with Crippen LogP contribution in [0, 0.1) is 11.3 Å². The molecule has 0 saturated carbocycles. The van der Waals surface area contributed by atoms with Crippen LogP contribution in [0.5, 0.6) is 11.5 Å². The normalized spacial score (nSPS) is 10.3. The van der Waals surface area contributed by atoms with E-state index in [1.807, 2.05) is 36.4 Å². The first-order valence-electron chi connectivity index (χ1n) is 8.09. The summed E-state index contributed by atoms with van der Waals surface area (Å²) in [5, 5.41) is 9.84. The van der Waals surface area contributed by atoms with E-state index < -0.39 is 5.56 Å². The summed E-state index contributed by atoms with van der Waals surface area (Å²) in [6.07, 6.45) is 1.80. The second-order valence-electron chi connectivity index (χ2n) is 5.55. The van der Waals surface area contributed by atoms with Gasteiger partial charge in [0.1, 0.15) is 35.4 Å². The average molecular weight is 379 g/mol. The fraction of sp³-hybridized carbons (Fsp3) is 0.150. The summed E-state index contributed by atoms with van der Waals surface area (Å²) in [5.74, 6) is 1.09. The van der Waals surface area contributed by atoms with Crippen LogP contribution in [0.25, 0.3) is 11.3 Å². The number of aromatic nitrogens is 2. The summed E-state index contributed by atoms with van der Waals surface area (Å²) in [6.45, 7) is 0.399. The maximum Gasteiger partial charge on any atom is 0.270 e. The molecule has 0 fully saturated rings. The Hall–Kier alpha value is -3.24. The number of rotatable bonds is 6. The van der Waals surface area contributed by atoms with Crippen molar-refractivity contribution in [2.45, 2.75) is 11.8 Å². The lowest BCUT2D eigenvalue weighted by Gasteiger charge is -2.13. The van der Waals surface area contributed by atoms with Crippen molar-refractivity contribution >= 4 is 11.8 Å². The van der Waals surface area contributed by atoms with E-state index in [-0.39, 0.29) is 11.3 Å². The topological polar surface area (TPSA) is 88.0 Å². The summed E-state index contributed by atoms with van der Waals surface area (Å²) in [7, 11) is 1.53. The fourth-order valence-corrected chi connectivity index (χ4v) is 2.93. The van der Waals surface area contributed by atoms with Crippen LogP contribution < -0.4 is 15.0 Å². The third kappa shape index (κ3) is 4.13. The van der Waals surface area contributed by atoms with Crippen molar-refractivity contribution in [2.75, 3.05) is 13.4 Å². The van der Waals surface area contributed by atoms with Crippen LogP contribution in [0.4, 0.5) is 0 Å². The molecule has 3 aromatic rings. The molecule has 0 aliphatic heterocycles. The Balaban J connectivity index is 2.03. The minimum Gasteiger partial charge on any atom is -0.496 e. The number of methoxy groups -OCH3 is 1. The smallest absolute Gasteiger partial charge is 0.270 e. The first kappa shape index (κ1) is 18.5. The van der Waals surface area contributed by atoms with Gasteiger partial charge in [-0.1, -0.05) is 42.1 Å². The standard InChI is InChI=1S/C20H17N3O3S/c1-25-17-9-8-14(26-12-13-6-4-3-5-7-13)10-15(17)18-16(11-21)19(24)23-20(22-18)27-2/h3-10H,12H2,1-2H3,(H,22,23,24). The molecule has 0 amide bonds. The van der Waals surface area contributed by atoms with Gasteiger partial charge in [0.25, 0.3) is 5.56 Å². The van der Waals surface area contributed by atoms with E-state index in [2.05, 4.69) is 9.97 Å². The van der Waals surface area contributed by atoms with Crippen LogP contribution in [0.1, 0.15) is 11.1 Å². The quantitative estimate of drug-likeness (QED) is 0.520. The number of nitrogens with one attached hydrogen (secondary N) is 1. The molecular weight excluding hydrogens is 362 g/mol. The maximum absolute atomic E-state index is 12.2. The molecule has 27 heavy (non-hydrogen) atoms. The van der Waals surface area contributed by atoms with Gasteiger partial charge in [-0.3, -0.25) is 4.79 Å². The van der Waals surface area contributed by atoms with Crippen molar-refractivity contribution in [3.63, 3.8) is 0 Å². The van der Waals surface area contributed by atoms with Crippen LogP contribution in [-0.2, 0) is 6.61 Å². The van der Waals surface area contributed by atoms with Gasteiger partial charge >= 0.3 is 0 Å². The van der Waals surface area contributed by atoms with Gasteiger partial charge in [-0.05, 0) is 30.0 Å². The predicted molar refractivity (Wildman–Crippen MR) is 104 cm³/mol. The molecule has 3 rings (SSSR count). The Morgan fingerprint density at radius 2 is 2.00 bits per heavy atom. The van der Waals surface area contributed by atoms with E-state index in [1.54, 1.807) is 24.5 Å². The number of hydrogen-bond donors (Lipinski definition) is 1. The fourth-order valence-electron chi connectivity index (χ4n) is 2.55. The number of aromatic amines is 1. The molecule has 0 aliphatic rings. The Bertz CT molecular complexity index is 1040. The van der Waals surface area contributed by atoms with E-state index in [4.69, 9.17) is 9.47 Å². The van der Waals surface area contributed by atoms with E-state index in [1.165, 1.54) is 18.9 Å². The second kappa shape index (κ2) is 8.43. The van der Waals surface area contributed by atoms with Gasteiger partial charge in [-0.25, -0.2) is 4.98 Å². The van der Waals surface area contributed by atoms with E-state index >= 15 is 0 Å². The lowest BCUT2D eigenvalue weighted by Crippen LogP contribution is -2.14. The van der Waals surface area contributed by atoms with Gasteiger partial charge in [0.15, 0.2) is 5.16 Å². The first-order chi connectivity index (χ1) is 13.2. The molecule has 0 unspecified atom stereocenters. The van der Waals surface area contributed by atoms with Crippen molar-refractivity contribution in [3.8, 4) is 28.8 Å². The Labute approximate surface area is 160 Å². The lowest BCUT2D eigenvalue weighted by molar-refractivity contribution is 0.305. The Kier molecular flexibility index (Phi) is 5.79. The number of thioether (sulfide) groups is 1. The highest BCUT2D eigenvalue weighted by atomic mass is 32.2. The third-order valence-electron chi connectivity index (χ3n) is 3.88. The van der Waals surface area contributed by atoms with Crippen molar-refractivity contribution < 1.29 is 9.47 Å². The number of benzene rings is 2. The van der Waals surface area contributed by atoms with Crippen molar-refractivity contribution in [3.05, 3.63) is 70.0 Å². The zero-order valence-corrected chi connectivity index (χ0v) is 15.7. The van der Waals surface area contributed by atoms with Crippen molar-refractivity contribution in [1.82, 2.24) is 9.97 Å². The highest BCUT2D eigenvalue weighted by Crippen LogP contribution is 2.34. The highest BCUT2D eigenvalue weighted by molar-refractivity contribution is 7.98. The van der Waals surface area contributed by atoms with Crippen LogP contribution >= 0.6 is 11.8 Å². The molecule has 2 aromatic carbocycles. The number of nitrogens with zero attached hydrogens (tertiary/aromatic N) is 2. The van der Waals surface area contributed by atoms with Gasteiger partial charge in [-0.2, -0.15) is 5.26 Å². The SMILES string of the molecule is COc1ccc(OCc2ccccc2)cc1-c1nc(SC)[nH]c(=O)c1C#N. The number of hydrogen-bond acceptors (Lipinski definition) is 6. The molecule has 0 atom stereocenters. The number of nitriles is 1. The average Bonchev–Trinajstić information content (AvgIpc) is 2.72. The monoisotopic (exact) mass is 379 g/mol. The van der Waals surface area contributed by atoms with Crippen molar-refractivity contribution in [2.24, 2.45) is 0 Å². The van der Waals surface area contributed by atoms with Crippen LogP contribution in [0.3, 0.4) is 0 Å². The molecule has 0 aliphatic carbocycles. The Morgan fingerprint density at radius 3 is 2.67 bits per heavy atom. The summed E-state index contributed by atoms with van der Waals surface area (Å²) in [6, 6.07) is 17.0. The largest absolute Gasteiger partial charge is 0.496 e. The number of ether oxygens (including phenoxy) is 2. The lowest BCUT2D eigenvalue weighted by atomic mass is 10.1. The second-order valence-corrected chi connectivity index (χ2v) is 6.34. The summed E-state index contributed by atoms with van der Waals surface area (Å²) < 4.78 is 11.3. The minimum atomic E-state index is -0.482. The van der Waals surface area contributed by atoms with Gasteiger partial charge < -0.3 is 14.5 Å². The zero-order valence-electron chi connectivity index (χ0n) is 14.9. The molecule has 6 nitrogen and oxygen atoms in total. The number of H-pyrrole nitrogens is 1. The molecule has 0 radical (unpaired) electrons. The molecular formula is C20H17N3O3S. The van der Waals surface area contributed by atoms with Crippen LogP contribution in [0.15, 0.2) is 58.5 Å². The molecule has 0 saturated heterocycles.